The van der Waals surface area contributed by atoms with Gasteiger partial charge in [-0.15, -0.1) is 0 Å². The Morgan fingerprint density at radius 2 is 2.00 bits per heavy atom. The predicted molar refractivity (Wildman–Crippen MR) is 70.0 cm³/mol. The van der Waals surface area contributed by atoms with Gasteiger partial charge in [0.1, 0.15) is 5.82 Å². The smallest absolute Gasteiger partial charge is 0.125 e. The van der Waals surface area contributed by atoms with Crippen LogP contribution in [0.2, 0.25) is 0 Å². The molecule has 2 rings (SSSR count). The third kappa shape index (κ3) is 3.50. The van der Waals surface area contributed by atoms with Crippen molar-refractivity contribution in [3.05, 3.63) is 23.3 Å². The van der Waals surface area contributed by atoms with Crippen molar-refractivity contribution in [3.63, 3.8) is 0 Å². The number of rotatable bonds is 6. The number of nitrogens with zero attached hydrogens (tertiary/aromatic N) is 2. The van der Waals surface area contributed by atoms with E-state index in [4.69, 9.17) is 0 Å². The first kappa shape index (κ1) is 12.5. The van der Waals surface area contributed by atoms with Gasteiger partial charge in [0.15, 0.2) is 0 Å². The molecule has 0 amide bonds. The second-order valence-electron chi connectivity index (χ2n) is 4.96. The quantitative estimate of drug-likeness (QED) is 0.819. The van der Waals surface area contributed by atoms with Crippen LogP contribution < -0.4 is 5.32 Å². The average molecular weight is 233 g/mol. The van der Waals surface area contributed by atoms with Gasteiger partial charge in [0.05, 0.1) is 0 Å². The van der Waals surface area contributed by atoms with E-state index in [9.17, 15) is 0 Å². The average Bonchev–Trinajstić information content (AvgIpc) is 3.11. The molecular weight excluding hydrogens is 210 g/mol. The van der Waals surface area contributed by atoms with Gasteiger partial charge < -0.3 is 5.32 Å². The van der Waals surface area contributed by atoms with E-state index in [1.54, 1.807) is 0 Å². The molecule has 1 saturated carbocycles. The van der Waals surface area contributed by atoms with Crippen LogP contribution in [-0.4, -0.2) is 22.6 Å². The lowest BCUT2D eigenvalue weighted by Gasteiger charge is -2.17. The molecule has 0 bridgehead atoms. The minimum atomic E-state index is 0.610. The highest BCUT2D eigenvalue weighted by atomic mass is 14.9. The Balaban J connectivity index is 2.07. The van der Waals surface area contributed by atoms with Crippen LogP contribution in [0, 0.1) is 12.8 Å². The molecule has 1 aliphatic rings. The van der Waals surface area contributed by atoms with Crippen molar-refractivity contribution in [1.82, 2.24) is 15.3 Å². The van der Waals surface area contributed by atoms with E-state index in [0.717, 1.165) is 31.1 Å². The van der Waals surface area contributed by atoms with E-state index in [1.807, 2.05) is 6.92 Å². The molecule has 1 atom stereocenters. The predicted octanol–water partition coefficient (Wildman–Crippen LogP) is 2.28. The second kappa shape index (κ2) is 5.58. The van der Waals surface area contributed by atoms with Gasteiger partial charge in [0.25, 0.3) is 0 Å². The summed E-state index contributed by atoms with van der Waals surface area (Å²) in [5.41, 5.74) is 2.37. The van der Waals surface area contributed by atoms with Crippen molar-refractivity contribution in [1.29, 1.82) is 0 Å². The fourth-order valence-electron chi connectivity index (χ4n) is 2.37. The van der Waals surface area contributed by atoms with Crippen LogP contribution in [0.3, 0.4) is 0 Å². The molecule has 1 heterocycles. The molecule has 1 aromatic rings. The molecule has 0 spiro atoms. The monoisotopic (exact) mass is 233 g/mol. The van der Waals surface area contributed by atoms with E-state index < -0.39 is 0 Å². The van der Waals surface area contributed by atoms with Gasteiger partial charge in [0, 0.05) is 23.9 Å². The van der Waals surface area contributed by atoms with Crippen molar-refractivity contribution in [2.75, 3.05) is 6.54 Å². The Kier molecular flexibility index (Phi) is 4.11. The maximum Gasteiger partial charge on any atom is 0.125 e. The molecule has 94 valence electrons. The Bertz CT molecular complexity index is 372. The molecule has 0 saturated heterocycles. The molecule has 0 radical (unpaired) electrons. The van der Waals surface area contributed by atoms with Gasteiger partial charge in [-0.2, -0.15) is 0 Å². The minimum Gasteiger partial charge on any atom is -0.314 e. The van der Waals surface area contributed by atoms with Gasteiger partial charge in [-0.25, -0.2) is 9.97 Å². The summed E-state index contributed by atoms with van der Waals surface area (Å²) in [6, 6.07) is 2.78. The fourth-order valence-corrected chi connectivity index (χ4v) is 2.37. The fraction of sp³-hybridized carbons (Fsp3) is 0.714. The molecule has 3 heteroatoms. The number of nitrogens with one attached hydrogen (secondary N) is 1. The summed E-state index contributed by atoms with van der Waals surface area (Å²) in [5, 5.41) is 3.59. The first-order chi connectivity index (χ1) is 8.22. The van der Waals surface area contributed by atoms with Gasteiger partial charge >= 0.3 is 0 Å². The molecule has 0 aromatic carbocycles. The van der Waals surface area contributed by atoms with Crippen LogP contribution in [0.1, 0.15) is 43.9 Å². The number of aromatic nitrogens is 2. The number of hydrogen-bond donors (Lipinski definition) is 1. The number of hydrogen-bond acceptors (Lipinski definition) is 3. The van der Waals surface area contributed by atoms with Crippen molar-refractivity contribution in [2.45, 2.75) is 52.5 Å². The molecule has 0 aliphatic heterocycles. The SMILES string of the molecule is CCNC(Cc1cc(CC)nc(C)n1)C1CC1. The normalized spacial score (nSPS) is 17.1. The van der Waals surface area contributed by atoms with Crippen molar-refractivity contribution in [3.8, 4) is 0 Å². The summed E-state index contributed by atoms with van der Waals surface area (Å²) in [5.74, 6) is 1.78. The summed E-state index contributed by atoms with van der Waals surface area (Å²) in [6.07, 6.45) is 4.80. The Morgan fingerprint density at radius 1 is 1.29 bits per heavy atom. The lowest BCUT2D eigenvalue weighted by molar-refractivity contribution is 0.467. The summed E-state index contributed by atoms with van der Waals surface area (Å²) in [7, 11) is 0. The lowest BCUT2D eigenvalue weighted by atomic mass is 10.1. The van der Waals surface area contributed by atoms with Crippen molar-refractivity contribution < 1.29 is 0 Å². The minimum absolute atomic E-state index is 0.610. The molecular formula is C14H23N3. The molecule has 1 fully saturated rings. The third-order valence-corrected chi connectivity index (χ3v) is 3.39. The van der Waals surface area contributed by atoms with Crippen LogP contribution in [0.4, 0.5) is 0 Å². The topological polar surface area (TPSA) is 37.8 Å². The highest BCUT2D eigenvalue weighted by molar-refractivity contribution is 5.13. The highest BCUT2D eigenvalue weighted by Gasteiger charge is 2.30. The van der Waals surface area contributed by atoms with Crippen molar-refractivity contribution >= 4 is 0 Å². The first-order valence-corrected chi connectivity index (χ1v) is 6.79. The van der Waals surface area contributed by atoms with Gasteiger partial charge in [-0.1, -0.05) is 13.8 Å². The van der Waals surface area contributed by atoms with Crippen LogP contribution >= 0.6 is 0 Å². The zero-order valence-corrected chi connectivity index (χ0v) is 11.2. The Hall–Kier alpha value is -0.960. The van der Waals surface area contributed by atoms with Crippen LogP contribution in [-0.2, 0) is 12.8 Å². The second-order valence-corrected chi connectivity index (χ2v) is 4.96. The Morgan fingerprint density at radius 3 is 2.59 bits per heavy atom. The van der Waals surface area contributed by atoms with Gasteiger partial charge in [-0.3, -0.25) is 0 Å². The maximum absolute atomic E-state index is 4.56. The van der Waals surface area contributed by atoms with Gasteiger partial charge in [0.2, 0.25) is 0 Å². The summed E-state index contributed by atoms with van der Waals surface area (Å²) >= 11 is 0. The summed E-state index contributed by atoms with van der Waals surface area (Å²) in [6.45, 7) is 7.36. The van der Waals surface area contributed by atoms with E-state index in [-0.39, 0.29) is 0 Å². The van der Waals surface area contributed by atoms with E-state index >= 15 is 0 Å². The van der Waals surface area contributed by atoms with Crippen LogP contribution in [0.15, 0.2) is 6.07 Å². The van der Waals surface area contributed by atoms with E-state index in [2.05, 4.69) is 35.2 Å². The molecule has 3 nitrogen and oxygen atoms in total. The molecule has 17 heavy (non-hydrogen) atoms. The Labute approximate surface area is 104 Å². The molecule has 1 aromatic heterocycles. The summed E-state index contributed by atoms with van der Waals surface area (Å²) < 4.78 is 0. The highest BCUT2D eigenvalue weighted by Crippen LogP contribution is 2.33. The van der Waals surface area contributed by atoms with Gasteiger partial charge in [-0.05, 0) is 44.7 Å². The zero-order chi connectivity index (χ0) is 12.3. The zero-order valence-electron chi connectivity index (χ0n) is 11.2. The van der Waals surface area contributed by atoms with Crippen molar-refractivity contribution in [2.24, 2.45) is 5.92 Å². The molecule has 1 N–H and O–H groups in total. The van der Waals surface area contributed by atoms with Crippen LogP contribution in [0.25, 0.3) is 0 Å². The molecule has 1 unspecified atom stereocenters. The van der Waals surface area contributed by atoms with E-state index in [0.29, 0.717) is 6.04 Å². The third-order valence-electron chi connectivity index (χ3n) is 3.39. The van der Waals surface area contributed by atoms with E-state index in [1.165, 1.54) is 24.2 Å². The largest absolute Gasteiger partial charge is 0.314 e. The van der Waals surface area contributed by atoms with Crippen LogP contribution in [0.5, 0.6) is 0 Å². The first-order valence-electron chi connectivity index (χ1n) is 6.79. The standard InChI is InChI=1S/C14H23N3/c1-4-12-8-13(17-10(3)16-12)9-14(15-5-2)11-6-7-11/h8,11,14-15H,4-7,9H2,1-3H3. The lowest BCUT2D eigenvalue weighted by Crippen LogP contribution is -2.33. The number of aryl methyl sites for hydroxylation is 2. The molecule has 1 aliphatic carbocycles. The number of likely N-dealkylation sites (N-methyl/N-ethyl adjacent to an activating group) is 1. The summed E-state index contributed by atoms with van der Waals surface area (Å²) in [4.78, 5) is 9.00. The maximum atomic E-state index is 4.56.